The van der Waals surface area contributed by atoms with Crippen molar-refractivity contribution in [3.05, 3.63) is 28.8 Å². The van der Waals surface area contributed by atoms with E-state index in [1.54, 1.807) is 0 Å². The first-order chi connectivity index (χ1) is 7.48. The number of aryl methyl sites for hydroxylation is 1. The highest BCUT2D eigenvalue weighted by atomic mass is 35.5. The monoisotopic (exact) mass is 245 g/mol. The van der Waals surface area contributed by atoms with Crippen LogP contribution in [0, 0.1) is 6.92 Å². The van der Waals surface area contributed by atoms with Crippen LogP contribution in [0.2, 0.25) is 5.02 Å². The van der Waals surface area contributed by atoms with Gasteiger partial charge in [0.05, 0.1) is 0 Å². The quantitative estimate of drug-likeness (QED) is 0.726. The number of piperidine rings is 1. The molecule has 0 aliphatic carbocycles. The summed E-state index contributed by atoms with van der Waals surface area (Å²) >= 11 is 5.92. The Kier molecular flexibility index (Phi) is 3.06. The Hall–Kier alpha value is -0.830. The molecule has 1 saturated heterocycles. The minimum absolute atomic E-state index is 0.0705. The molecule has 0 saturated carbocycles. The zero-order chi connectivity index (χ0) is 11.8. The number of halogens is 3. The summed E-state index contributed by atoms with van der Waals surface area (Å²) in [6, 6.07) is 5.59. The Balaban J connectivity index is 2.17. The molecule has 1 aliphatic heterocycles. The maximum atomic E-state index is 13.0. The fourth-order valence-electron chi connectivity index (χ4n) is 2.00. The third-order valence-corrected chi connectivity index (χ3v) is 3.24. The van der Waals surface area contributed by atoms with Crippen LogP contribution in [-0.4, -0.2) is 19.0 Å². The van der Waals surface area contributed by atoms with E-state index < -0.39 is 5.92 Å². The Morgan fingerprint density at radius 1 is 1.25 bits per heavy atom. The summed E-state index contributed by atoms with van der Waals surface area (Å²) in [7, 11) is 0. The molecule has 0 aromatic heterocycles. The topological polar surface area (TPSA) is 3.24 Å². The number of nitrogens with zero attached hydrogens (tertiary/aromatic N) is 1. The van der Waals surface area contributed by atoms with Gasteiger partial charge in [0.25, 0.3) is 5.92 Å². The van der Waals surface area contributed by atoms with Gasteiger partial charge < -0.3 is 4.90 Å². The molecule has 16 heavy (non-hydrogen) atoms. The summed E-state index contributed by atoms with van der Waals surface area (Å²) in [4.78, 5) is 1.98. The van der Waals surface area contributed by atoms with Crippen molar-refractivity contribution in [2.45, 2.75) is 25.7 Å². The largest absolute Gasteiger partial charge is 0.371 e. The van der Waals surface area contributed by atoms with Crippen molar-refractivity contribution >= 4 is 17.3 Å². The van der Waals surface area contributed by atoms with Gasteiger partial charge in [-0.05, 0) is 24.6 Å². The van der Waals surface area contributed by atoms with Crippen molar-refractivity contribution in [2.24, 2.45) is 0 Å². The van der Waals surface area contributed by atoms with Crippen LogP contribution in [0.4, 0.5) is 14.5 Å². The number of benzene rings is 1. The van der Waals surface area contributed by atoms with Gasteiger partial charge in [-0.15, -0.1) is 0 Å². The second-order valence-electron chi connectivity index (χ2n) is 4.27. The minimum Gasteiger partial charge on any atom is -0.371 e. The lowest BCUT2D eigenvalue weighted by Crippen LogP contribution is -2.39. The molecule has 0 atom stereocenters. The normalized spacial score (nSPS) is 19.9. The molecule has 1 aromatic carbocycles. The fraction of sp³-hybridized carbons (Fsp3) is 0.500. The van der Waals surface area contributed by atoms with Gasteiger partial charge in [-0.25, -0.2) is 8.78 Å². The van der Waals surface area contributed by atoms with E-state index in [-0.39, 0.29) is 12.8 Å². The smallest absolute Gasteiger partial charge is 0.251 e. The molecular weight excluding hydrogens is 232 g/mol. The van der Waals surface area contributed by atoms with Gasteiger partial charge in [-0.2, -0.15) is 0 Å². The first-order valence-electron chi connectivity index (χ1n) is 5.37. The first-order valence-corrected chi connectivity index (χ1v) is 5.75. The zero-order valence-electron chi connectivity index (χ0n) is 9.14. The van der Waals surface area contributed by atoms with Crippen LogP contribution in [0.25, 0.3) is 0 Å². The average molecular weight is 246 g/mol. The van der Waals surface area contributed by atoms with E-state index in [2.05, 4.69) is 0 Å². The van der Waals surface area contributed by atoms with Gasteiger partial charge in [-0.1, -0.05) is 17.7 Å². The Morgan fingerprint density at radius 2 is 1.88 bits per heavy atom. The summed E-state index contributed by atoms with van der Waals surface area (Å²) in [6.45, 7) is 2.76. The van der Waals surface area contributed by atoms with Gasteiger partial charge >= 0.3 is 0 Å². The van der Waals surface area contributed by atoms with Crippen LogP contribution in [-0.2, 0) is 0 Å². The van der Waals surface area contributed by atoms with Crippen LogP contribution in [0.1, 0.15) is 18.4 Å². The second kappa shape index (κ2) is 4.21. The molecule has 2 rings (SSSR count). The molecule has 4 heteroatoms. The highest BCUT2D eigenvalue weighted by molar-refractivity contribution is 6.30. The maximum Gasteiger partial charge on any atom is 0.251 e. The van der Waals surface area contributed by atoms with Crippen LogP contribution in [0.15, 0.2) is 18.2 Å². The molecule has 0 unspecified atom stereocenters. The van der Waals surface area contributed by atoms with Gasteiger partial charge in [0, 0.05) is 36.6 Å². The van der Waals surface area contributed by atoms with E-state index in [1.807, 2.05) is 30.0 Å². The van der Waals surface area contributed by atoms with Crippen molar-refractivity contribution in [1.82, 2.24) is 0 Å². The Labute approximate surface area is 99.0 Å². The lowest BCUT2D eigenvalue weighted by Gasteiger charge is -2.34. The summed E-state index contributed by atoms with van der Waals surface area (Å²) in [5.41, 5.74) is 2.05. The molecule has 1 aliphatic rings. The molecule has 0 spiro atoms. The van der Waals surface area contributed by atoms with Crippen molar-refractivity contribution in [1.29, 1.82) is 0 Å². The standard InChI is InChI=1S/C12H14ClF2N/c1-9-2-3-10(13)8-11(9)16-6-4-12(14,15)5-7-16/h2-3,8H,4-7H2,1H3. The van der Waals surface area contributed by atoms with Crippen LogP contribution < -0.4 is 4.90 Å². The van der Waals surface area contributed by atoms with Crippen LogP contribution in [0.3, 0.4) is 0 Å². The summed E-state index contributed by atoms with van der Waals surface area (Å²) < 4.78 is 26.0. The van der Waals surface area contributed by atoms with Crippen molar-refractivity contribution in [3.63, 3.8) is 0 Å². The van der Waals surface area contributed by atoms with E-state index in [9.17, 15) is 8.78 Å². The zero-order valence-corrected chi connectivity index (χ0v) is 9.90. The lowest BCUT2D eigenvalue weighted by molar-refractivity contribution is -0.0220. The number of rotatable bonds is 1. The molecule has 0 radical (unpaired) electrons. The predicted molar refractivity (Wildman–Crippen MR) is 62.6 cm³/mol. The molecule has 88 valence electrons. The number of alkyl halides is 2. The van der Waals surface area contributed by atoms with Gasteiger partial charge in [0.1, 0.15) is 0 Å². The molecule has 0 amide bonds. The van der Waals surface area contributed by atoms with Crippen molar-refractivity contribution in [2.75, 3.05) is 18.0 Å². The van der Waals surface area contributed by atoms with Crippen molar-refractivity contribution in [3.8, 4) is 0 Å². The maximum absolute atomic E-state index is 13.0. The molecule has 0 N–H and O–H groups in total. The van der Waals surface area contributed by atoms with E-state index in [0.29, 0.717) is 18.1 Å². The number of anilines is 1. The van der Waals surface area contributed by atoms with Crippen LogP contribution in [0.5, 0.6) is 0 Å². The lowest BCUT2D eigenvalue weighted by atomic mass is 10.0. The van der Waals surface area contributed by atoms with Crippen LogP contribution >= 0.6 is 11.6 Å². The Bertz CT molecular complexity index is 383. The number of hydrogen-bond acceptors (Lipinski definition) is 1. The van der Waals surface area contributed by atoms with E-state index >= 15 is 0 Å². The molecule has 1 fully saturated rings. The number of hydrogen-bond donors (Lipinski definition) is 0. The summed E-state index contributed by atoms with van der Waals surface area (Å²) in [5.74, 6) is -2.50. The first kappa shape index (κ1) is 11.6. The summed E-state index contributed by atoms with van der Waals surface area (Å²) in [6.07, 6.45) is -0.141. The van der Waals surface area contributed by atoms with E-state index in [4.69, 9.17) is 11.6 Å². The molecule has 1 nitrogen and oxygen atoms in total. The third kappa shape index (κ3) is 2.46. The van der Waals surface area contributed by atoms with Gasteiger partial charge in [-0.3, -0.25) is 0 Å². The average Bonchev–Trinajstić information content (AvgIpc) is 2.22. The molecule has 0 bridgehead atoms. The molecule has 1 aromatic rings. The molecular formula is C12H14ClF2N. The fourth-order valence-corrected chi connectivity index (χ4v) is 2.16. The minimum atomic E-state index is -2.50. The van der Waals surface area contributed by atoms with E-state index in [1.165, 1.54) is 0 Å². The van der Waals surface area contributed by atoms with Gasteiger partial charge in [0.2, 0.25) is 0 Å². The Morgan fingerprint density at radius 3 is 2.50 bits per heavy atom. The van der Waals surface area contributed by atoms with Gasteiger partial charge in [0.15, 0.2) is 0 Å². The highest BCUT2D eigenvalue weighted by Gasteiger charge is 2.34. The second-order valence-corrected chi connectivity index (χ2v) is 4.71. The van der Waals surface area contributed by atoms with E-state index in [0.717, 1.165) is 11.3 Å². The summed E-state index contributed by atoms with van der Waals surface area (Å²) in [5, 5.41) is 0.651. The van der Waals surface area contributed by atoms with Crippen molar-refractivity contribution < 1.29 is 8.78 Å². The molecule has 1 heterocycles. The SMILES string of the molecule is Cc1ccc(Cl)cc1N1CCC(F)(F)CC1. The highest BCUT2D eigenvalue weighted by Crippen LogP contribution is 2.32. The predicted octanol–water partition coefficient (Wildman–Crippen LogP) is 3.88. The third-order valence-electron chi connectivity index (χ3n) is 3.01.